The molecule has 0 atom stereocenters. The lowest BCUT2D eigenvalue weighted by atomic mass is 10.1. The maximum Gasteiger partial charge on any atom is 0.265 e. The van der Waals surface area contributed by atoms with Crippen molar-refractivity contribution in [1.82, 2.24) is 5.32 Å². The minimum absolute atomic E-state index is 0.235. The SMILES string of the molecule is O=C(Nc1ccccc1C(=O)NCc1ccccc1Cl)c1cccs1. The van der Waals surface area contributed by atoms with Gasteiger partial charge in [0.1, 0.15) is 0 Å². The second kappa shape index (κ2) is 7.96. The number of anilines is 1. The van der Waals surface area contributed by atoms with E-state index < -0.39 is 0 Å². The van der Waals surface area contributed by atoms with Gasteiger partial charge in [-0.2, -0.15) is 0 Å². The minimum Gasteiger partial charge on any atom is -0.348 e. The van der Waals surface area contributed by atoms with Crippen LogP contribution in [0, 0.1) is 0 Å². The fraction of sp³-hybridized carbons (Fsp3) is 0.0526. The molecule has 2 N–H and O–H groups in total. The zero-order chi connectivity index (χ0) is 17.6. The fourth-order valence-electron chi connectivity index (χ4n) is 2.29. The van der Waals surface area contributed by atoms with Crippen molar-refractivity contribution < 1.29 is 9.59 Å². The third-order valence-electron chi connectivity index (χ3n) is 3.56. The first-order chi connectivity index (χ1) is 12.1. The smallest absolute Gasteiger partial charge is 0.265 e. The highest BCUT2D eigenvalue weighted by atomic mass is 35.5. The Morgan fingerprint density at radius 2 is 1.68 bits per heavy atom. The van der Waals surface area contributed by atoms with Crippen molar-refractivity contribution in [3.05, 3.63) is 87.1 Å². The first-order valence-electron chi connectivity index (χ1n) is 7.60. The van der Waals surface area contributed by atoms with E-state index in [0.29, 0.717) is 27.7 Å². The molecular formula is C19H15ClN2O2S. The number of nitrogens with one attached hydrogen (secondary N) is 2. The number of amides is 2. The number of rotatable bonds is 5. The highest BCUT2D eigenvalue weighted by Crippen LogP contribution is 2.19. The summed E-state index contributed by atoms with van der Waals surface area (Å²) in [6.45, 7) is 0.311. The summed E-state index contributed by atoms with van der Waals surface area (Å²) in [7, 11) is 0. The molecule has 3 rings (SSSR count). The van der Waals surface area contributed by atoms with Crippen LogP contribution in [0.4, 0.5) is 5.69 Å². The Balaban J connectivity index is 1.72. The van der Waals surface area contributed by atoms with Crippen molar-refractivity contribution in [3.63, 3.8) is 0 Å². The lowest BCUT2D eigenvalue weighted by Crippen LogP contribution is -2.24. The normalized spacial score (nSPS) is 10.3. The molecule has 126 valence electrons. The Labute approximate surface area is 154 Å². The lowest BCUT2D eigenvalue weighted by Gasteiger charge is -2.11. The van der Waals surface area contributed by atoms with Gasteiger partial charge in [0.2, 0.25) is 0 Å². The average molecular weight is 371 g/mol. The van der Waals surface area contributed by atoms with Gasteiger partial charge in [-0.05, 0) is 35.2 Å². The van der Waals surface area contributed by atoms with Gasteiger partial charge in [-0.25, -0.2) is 0 Å². The van der Waals surface area contributed by atoms with Gasteiger partial charge in [-0.1, -0.05) is 48.0 Å². The number of benzene rings is 2. The Morgan fingerprint density at radius 3 is 2.44 bits per heavy atom. The first-order valence-corrected chi connectivity index (χ1v) is 8.86. The second-order valence-corrected chi connectivity index (χ2v) is 6.61. The molecule has 0 spiro atoms. The Morgan fingerprint density at radius 1 is 0.920 bits per heavy atom. The van der Waals surface area contributed by atoms with Crippen LogP contribution in [0.5, 0.6) is 0 Å². The van der Waals surface area contributed by atoms with E-state index in [4.69, 9.17) is 11.6 Å². The number of carbonyl (C=O) groups is 2. The van der Waals surface area contributed by atoms with Gasteiger partial charge < -0.3 is 10.6 Å². The van der Waals surface area contributed by atoms with Gasteiger partial charge in [-0.15, -0.1) is 11.3 Å². The fourth-order valence-corrected chi connectivity index (χ4v) is 3.12. The van der Waals surface area contributed by atoms with Crippen LogP contribution < -0.4 is 10.6 Å². The third-order valence-corrected chi connectivity index (χ3v) is 4.80. The highest BCUT2D eigenvalue weighted by molar-refractivity contribution is 7.12. The van der Waals surface area contributed by atoms with E-state index in [-0.39, 0.29) is 11.8 Å². The standard InChI is InChI=1S/C19H15ClN2O2S/c20-15-8-3-1-6-13(15)12-21-18(23)14-7-2-4-9-16(14)22-19(24)17-10-5-11-25-17/h1-11H,12H2,(H,21,23)(H,22,24). The van der Waals surface area contributed by atoms with Gasteiger partial charge in [0, 0.05) is 11.6 Å². The monoisotopic (exact) mass is 370 g/mol. The van der Waals surface area contributed by atoms with E-state index in [1.54, 1.807) is 36.4 Å². The summed E-state index contributed by atoms with van der Waals surface area (Å²) in [5, 5.41) is 8.05. The molecule has 0 aliphatic carbocycles. The maximum atomic E-state index is 12.5. The lowest BCUT2D eigenvalue weighted by molar-refractivity contribution is 0.0952. The van der Waals surface area contributed by atoms with Crippen molar-refractivity contribution in [3.8, 4) is 0 Å². The largest absolute Gasteiger partial charge is 0.348 e. The number of halogens is 1. The number of thiophene rings is 1. The van der Waals surface area contributed by atoms with Crippen LogP contribution in [0.25, 0.3) is 0 Å². The molecule has 0 unspecified atom stereocenters. The predicted molar refractivity (Wildman–Crippen MR) is 101 cm³/mol. The topological polar surface area (TPSA) is 58.2 Å². The van der Waals surface area contributed by atoms with E-state index in [1.165, 1.54) is 11.3 Å². The van der Waals surface area contributed by atoms with E-state index in [1.807, 2.05) is 29.6 Å². The van der Waals surface area contributed by atoms with Gasteiger partial charge in [0.15, 0.2) is 0 Å². The minimum atomic E-state index is -0.276. The number of para-hydroxylation sites is 1. The molecule has 2 aromatic carbocycles. The van der Waals surface area contributed by atoms with Crippen LogP contribution in [0.1, 0.15) is 25.6 Å². The summed E-state index contributed by atoms with van der Waals surface area (Å²) in [6.07, 6.45) is 0. The molecule has 25 heavy (non-hydrogen) atoms. The Kier molecular flexibility index (Phi) is 5.48. The molecule has 0 aliphatic heterocycles. The van der Waals surface area contributed by atoms with Crippen LogP contribution in [0.15, 0.2) is 66.0 Å². The van der Waals surface area contributed by atoms with E-state index >= 15 is 0 Å². The number of carbonyl (C=O) groups excluding carboxylic acids is 2. The molecule has 0 fully saturated rings. The van der Waals surface area contributed by atoms with Crippen LogP contribution in [-0.2, 0) is 6.54 Å². The summed E-state index contributed by atoms with van der Waals surface area (Å²) in [6, 6.07) is 17.8. The molecule has 1 heterocycles. The zero-order valence-electron chi connectivity index (χ0n) is 13.2. The molecule has 3 aromatic rings. The van der Waals surface area contributed by atoms with Gasteiger partial charge in [0.05, 0.1) is 16.1 Å². The molecule has 2 amide bonds. The molecule has 0 saturated heterocycles. The Bertz CT molecular complexity index is 894. The van der Waals surface area contributed by atoms with Gasteiger partial charge in [-0.3, -0.25) is 9.59 Å². The Hall–Kier alpha value is -2.63. The summed E-state index contributed by atoms with van der Waals surface area (Å²) in [5.41, 5.74) is 1.70. The van der Waals surface area contributed by atoms with Crippen molar-refractivity contribution in [2.75, 3.05) is 5.32 Å². The van der Waals surface area contributed by atoms with Crippen molar-refractivity contribution in [2.24, 2.45) is 0 Å². The number of hydrogen-bond acceptors (Lipinski definition) is 3. The van der Waals surface area contributed by atoms with E-state index in [9.17, 15) is 9.59 Å². The first kappa shape index (κ1) is 17.2. The van der Waals surface area contributed by atoms with Crippen LogP contribution in [-0.4, -0.2) is 11.8 Å². The molecule has 0 saturated carbocycles. The summed E-state index contributed by atoms with van der Waals surface area (Å²) >= 11 is 7.45. The third kappa shape index (κ3) is 4.26. The average Bonchev–Trinajstić information content (AvgIpc) is 3.16. The molecular weight excluding hydrogens is 356 g/mol. The van der Waals surface area contributed by atoms with E-state index in [2.05, 4.69) is 10.6 Å². The number of hydrogen-bond donors (Lipinski definition) is 2. The zero-order valence-corrected chi connectivity index (χ0v) is 14.7. The van der Waals surface area contributed by atoms with Crippen molar-refractivity contribution >= 4 is 40.4 Å². The summed E-state index contributed by atoms with van der Waals surface area (Å²) in [5.74, 6) is -0.511. The molecule has 0 aliphatic rings. The van der Waals surface area contributed by atoms with Crippen molar-refractivity contribution in [2.45, 2.75) is 6.54 Å². The van der Waals surface area contributed by atoms with Crippen LogP contribution in [0.2, 0.25) is 5.02 Å². The maximum absolute atomic E-state index is 12.5. The van der Waals surface area contributed by atoms with Crippen LogP contribution in [0.3, 0.4) is 0 Å². The second-order valence-electron chi connectivity index (χ2n) is 5.25. The molecule has 4 nitrogen and oxygen atoms in total. The predicted octanol–water partition coefficient (Wildman–Crippen LogP) is 4.58. The quantitative estimate of drug-likeness (QED) is 0.690. The van der Waals surface area contributed by atoms with E-state index in [0.717, 1.165) is 5.56 Å². The van der Waals surface area contributed by atoms with Gasteiger partial charge in [0.25, 0.3) is 11.8 Å². The highest BCUT2D eigenvalue weighted by Gasteiger charge is 2.14. The molecule has 0 bridgehead atoms. The molecule has 6 heteroatoms. The van der Waals surface area contributed by atoms with Crippen LogP contribution >= 0.6 is 22.9 Å². The molecule has 0 radical (unpaired) electrons. The molecule has 1 aromatic heterocycles. The summed E-state index contributed by atoms with van der Waals surface area (Å²) in [4.78, 5) is 25.3. The van der Waals surface area contributed by atoms with Crippen molar-refractivity contribution in [1.29, 1.82) is 0 Å². The van der Waals surface area contributed by atoms with Gasteiger partial charge >= 0.3 is 0 Å². The summed E-state index contributed by atoms with van der Waals surface area (Å²) < 4.78 is 0.